The predicted molar refractivity (Wildman–Crippen MR) is 81.0 cm³/mol. The molecule has 0 aromatic heterocycles. The van der Waals surface area contributed by atoms with E-state index in [0.717, 1.165) is 11.3 Å². The molecule has 1 aliphatic heterocycles. The zero-order valence-corrected chi connectivity index (χ0v) is 12.8. The van der Waals surface area contributed by atoms with Crippen LogP contribution < -0.4 is 4.74 Å². The molecule has 0 aliphatic carbocycles. The van der Waals surface area contributed by atoms with E-state index in [1.165, 1.54) is 16.4 Å². The zero-order valence-electron chi connectivity index (χ0n) is 11.2. The van der Waals surface area contributed by atoms with Crippen molar-refractivity contribution in [2.24, 2.45) is 0 Å². The van der Waals surface area contributed by atoms with Crippen LogP contribution in [0.15, 0.2) is 53.4 Å². The van der Waals surface area contributed by atoms with Crippen LogP contribution in [0.1, 0.15) is 5.56 Å². The monoisotopic (exact) mass is 323 g/mol. The maximum atomic E-state index is 12.7. The average molecular weight is 324 g/mol. The molecule has 0 radical (unpaired) electrons. The molecule has 4 nitrogen and oxygen atoms in total. The van der Waals surface area contributed by atoms with Gasteiger partial charge in [-0.1, -0.05) is 29.8 Å². The van der Waals surface area contributed by atoms with Crippen molar-refractivity contribution in [3.8, 4) is 5.75 Å². The first-order valence-corrected chi connectivity index (χ1v) is 8.35. The normalized spacial score (nSPS) is 15.9. The lowest BCUT2D eigenvalue weighted by atomic mass is 10.2. The lowest BCUT2D eigenvalue weighted by Gasteiger charge is -2.19. The first-order valence-electron chi connectivity index (χ1n) is 6.54. The molecule has 2 aromatic carbocycles. The molecule has 0 saturated carbocycles. The molecule has 0 unspecified atom stereocenters. The third-order valence-corrected chi connectivity index (χ3v) is 5.48. The van der Waals surface area contributed by atoms with Gasteiger partial charge in [0.1, 0.15) is 12.4 Å². The maximum absolute atomic E-state index is 12.7. The number of hydrogen-bond donors (Lipinski definition) is 0. The molecule has 2 aromatic rings. The molecule has 0 saturated heterocycles. The highest BCUT2D eigenvalue weighted by atomic mass is 35.5. The molecule has 0 bridgehead atoms. The minimum absolute atomic E-state index is 0.242. The van der Waals surface area contributed by atoms with Crippen molar-refractivity contribution < 1.29 is 13.2 Å². The maximum Gasteiger partial charge on any atom is 0.243 e. The van der Waals surface area contributed by atoms with Gasteiger partial charge in [0.2, 0.25) is 10.0 Å². The van der Waals surface area contributed by atoms with Crippen molar-refractivity contribution in [2.75, 3.05) is 13.2 Å². The van der Waals surface area contributed by atoms with E-state index < -0.39 is 10.0 Å². The number of rotatable bonds is 2. The fourth-order valence-electron chi connectivity index (χ4n) is 2.26. The summed E-state index contributed by atoms with van der Waals surface area (Å²) in [4.78, 5) is 0.242. The summed E-state index contributed by atoms with van der Waals surface area (Å²) in [7, 11) is -3.55. The second-order valence-electron chi connectivity index (χ2n) is 4.75. The van der Waals surface area contributed by atoms with E-state index in [0.29, 0.717) is 24.7 Å². The van der Waals surface area contributed by atoms with E-state index in [1.54, 1.807) is 12.1 Å². The van der Waals surface area contributed by atoms with Crippen LogP contribution >= 0.6 is 11.6 Å². The molecule has 0 N–H and O–H groups in total. The second-order valence-corrected chi connectivity index (χ2v) is 7.12. The van der Waals surface area contributed by atoms with Crippen molar-refractivity contribution in [1.29, 1.82) is 0 Å². The summed E-state index contributed by atoms with van der Waals surface area (Å²) < 4.78 is 32.4. The van der Waals surface area contributed by atoms with Crippen molar-refractivity contribution in [3.05, 3.63) is 59.1 Å². The third kappa shape index (κ3) is 2.90. The summed E-state index contributed by atoms with van der Waals surface area (Å²) >= 11 is 5.81. The lowest BCUT2D eigenvalue weighted by Crippen LogP contribution is -2.32. The fourth-order valence-corrected chi connectivity index (χ4v) is 3.79. The Morgan fingerprint density at radius 3 is 2.52 bits per heavy atom. The average Bonchev–Trinajstić information content (AvgIpc) is 2.70. The molecule has 0 amide bonds. The topological polar surface area (TPSA) is 46.6 Å². The summed E-state index contributed by atoms with van der Waals surface area (Å²) in [5, 5.41) is 0.512. The van der Waals surface area contributed by atoms with Crippen LogP contribution in [-0.2, 0) is 16.6 Å². The highest BCUT2D eigenvalue weighted by Gasteiger charge is 2.27. The highest BCUT2D eigenvalue weighted by molar-refractivity contribution is 7.89. The molecule has 110 valence electrons. The number of nitrogens with zero attached hydrogens (tertiary/aromatic N) is 1. The second kappa shape index (κ2) is 5.67. The Morgan fingerprint density at radius 1 is 1.05 bits per heavy atom. The Balaban J connectivity index is 1.94. The minimum atomic E-state index is -3.55. The zero-order chi connectivity index (χ0) is 14.9. The third-order valence-electron chi connectivity index (χ3n) is 3.37. The van der Waals surface area contributed by atoms with Crippen molar-refractivity contribution in [2.45, 2.75) is 11.4 Å². The fraction of sp³-hybridized carbons (Fsp3) is 0.200. The summed E-state index contributed by atoms with van der Waals surface area (Å²) in [6.45, 7) is 0.963. The van der Waals surface area contributed by atoms with Crippen LogP contribution in [0, 0.1) is 0 Å². The first-order chi connectivity index (χ1) is 10.1. The number of para-hydroxylation sites is 1. The number of halogens is 1. The van der Waals surface area contributed by atoms with E-state index in [1.807, 2.05) is 24.3 Å². The van der Waals surface area contributed by atoms with E-state index in [2.05, 4.69) is 0 Å². The van der Waals surface area contributed by atoms with Crippen LogP contribution in [-0.4, -0.2) is 25.9 Å². The summed E-state index contributed by atoms with van der Waals surface area (Å²) in [6, 6.07) is 13.7. The van der Waals surface area contributed by atoms with E-state index in [9.17, 15) is 8.42 Å². The van der Waals surface area contributed by atoms with Gasteiger partial charge < -0.3 is 4.74 Å². The molecule has 0 spiro atoms. The van der Waals surface area contributed by atoms with Crippen LogP contribution in [0.3, 0.4) is 0 Å². The minimum Gasteiger partial charge on any atom is -0.492 e. The molecule has 0 fully saturated rings. The van der Waals surface area contributed by atoms with Gasteiger partial charge >= 0.3 is 0 Å². The largest absolute Gasteiger partial charge is 0.492 e. The van der Waals surface area contributed by atoms with E-state index in [4.69, 9.17) is 16.3 Å². The standard InChI is InChI=1S/C15H14ClNO3S/c16-13-5-7-14(8-6-13)21(18,19)17-9-10-20-15-4-2-1-3-12(15)11-17/h1-8H,9-11H2. The van der Waals surface area contributed by atoms with Gasteiger partial charge in [-0.3, -0.25) is 0 Å². The number of ether oxygens (including phenoxy) is 1. The quantitative estimate of drug-likeness (QED) is 0.853. The number of hydrogen-bond acceptors (Lipinski definition) is 3. The Labute approximate surface area is 129 Å². The molecule has 1 heterocycles. The Bertz CT molecular complexity index is 744. The molecule has 0 atom stereocenters. The Hall–Kier alpha value is -1.56. The van der Waals surface area contributed by atoms with Crippen LogP contribution in [0.4, 0.5) is 0 Å². The molecule has 21 heavy (non-hydrogen) atoms. The first kappa shape index (κ1) is 14.4. The smallest absolute Gasteiger partial charge is 0.243 e. The van der Waals surface area contributed by atoms with Gasteiger partial charge in [0.15, 0.2) is 0 Å². The van der Waals surface area contributed by atoms with Crippen LogP contribution in [0.2, 0.25) is 5.02 Å². The molecular formula is C15H14ClNO3S. The predicted octanol–water partition coefficient (Wildman–Crippen LogP) is 2.92. The van der Waals surface area contributed by atoms with Crippen molar-refractivity contribution in [3.63, 3.8) is 0 Å². The highest BCUT2D eigenvalue weighted by Crippen LogP contribution is 2.26. The van der Waals surface area contributed by atoms with Crippen LogP contribution in [0.25, 0.3) is 0 Å². The van der Waals surface area contributed by atoms with E-state index >= 15 is 0 Å². The molecule has 1 aliphatic rings. The van der Waals surface area contributed by atoms with Gasteiger partial charge in [0.25, 0.3) is 0 Å². The van der Waals surface area contributed by atoms with Gasteiger partial charge in [-0.2, -0.15) is 4.31 Å². The van der Waals surface area contributed by atoms with Gasteiger partial charge in [0, 0.05) is 23.7 Å². The lowest BCUT2D eigenvalue weighted by molar-refractivity contribution is 0.293. The van der Waals surface area contributed by atoms with Gasteiger partial charge in [0.05, 0.1) is 4.90 Å². The Kier molecular flexibility index (Phi) is 3.89. The number of benzene rings is 2. The van der Waals surface area contributed by atoms with Crippen LogP contribution in [0.5, 0.6) is 5.75 Å². The molecular weight excluding hydrogens is 310 g/mol. The summed E-state index contributed by atoms with van der Waals surface area (Å²) in [6.07, 6.45) is 0. The van der Waals surface area contributed by atoms with Gasteiger partial charge in [-0.15, -0.1) is 0 Å². The summed E-state index contributed by atoms with van der Waals surface area (Å²) in [5.41, 5.74) is 0.868. The van der Waals surface area contributed by atoms with Crippen molar-refractivity contribution >= 4 is 21.6 Å². The summed E-state index contributed by atoms with van der Waals surface area (Å²) in [5.74, 6) is 0.742. The van der Waals surface area contributed by atoms with E-state index in [-0.39, 0.29) is 4.90 Å². The SMILES string of the molecule is O=S(=O)(c1ccc(Cl)cc1)N1CCOc2ccccc2C1. The molecule has 3 rings (SSSR count). The Morgan fingerprint density at radius 2 is 1.76 bits per heavy atom. The number of sulfonamides is 1. The number of fused-ring (bicyclic) bond motifs is 1. The molecule has 6 heteroatoms. The van der Waals surface area contributed by atoms with Gasteiger partial charge in [-0.05, 0) is 30.3 Å². The van der Waals surface area contributed by atoms with Crippen molar-refractivity contribution in [1.82, 2.24) is 4.31 Å². The van der Waals surface area contributed by atoms with Gasteiger partial charge in [-0.25, -0.2) is 8.42 Å².